The molecule has 0 aliphatic carbocycles. The van der Waals surface area contributed by atoms with E-state index in [1.165, 1.54) is 7.05 Å². The van der Waals surface area contributed by atoms with Crippen LogP contribution in [0.2, 0.25) is 0 Å². The third-order valence-corrected chi connectivity index (χ3v) is 6.32. The van der Waals surface area contributed by atoms with Gasteiger partial charge in [0.1, 0.15) is 24.4 Å². The summed E-state index contributed by atoms with van der Waals surface area (Å²) in [5.41, 5.74) is 0. The number of carbonyl (C=O) groups is 3. The van der Waals surface area contributed by atoms with Crippen molar-refractivity contribution < 1.29 is 39.2 Å². The molecule has 0 aromatic heterocycles. The first-order chi connectivity index (χ1) is 13.6. The highest BCUT2D eigenvalue weighted by Crippen LogP contribution is 2.32. The van der Waals surface area contributed by atoms with Crippen molar-refractivity contribution in [3.8, 4) is 0 Å². The van der Waals surface area contributed by atoms with Crippen molar-refractivity contribution in [2.45, 2.75) is 69.2 Å². The molecule has 0 spiro atoms. The molecule has 0 bridgehead atoms. The number of ether oxygens (including phenoxy) is 2. The van der Waals surface area contributed by atoms with Crippen LogP contribution in [-0.2, 0) is 23.9 Å². The summed E-state index contributed by atoms with van der Waals surface area (Å²) in [6.07, 6.45) is -6.27. The van der Waals surface area contributed by atoms with E-state index in [0.29, 0.717) is 0 Å². The Labute approximate surface area is 173 Å². The number of likely N-dealkylation sites (tertiary alicyclic amines) is 1. The van der Waals surface area contributed by atoms with E-state index in [-0.39, 0.29) is 24.7 Å². The van der Waals surface area contributed by atoms with Gasteiger partial charge in [-0.05, 0) is 12.8 Å². The van der Waals surface area contributed by atoms with Crippen LogP contribution in [0.1, 0.15) is 27.2 Å². The van der Waals surface area contributed by atoms with Crippen LogP contribution in [0.5, 0.6) is 0 Å². The molecule has 4 N–H and O–H groups in total. The fraction of sp³-hybridized carbons (Fsp3) is 0.833. The summed E-state index contributed by atoms with van der Waals surface area (Å²) >= 11 is 1.10. The van der Waals surface area contributed by atoms with Crippen molar-refractivity contribution in [3.05, 3.63) is 0 Å². The van der Waals surface area contributed by atoms with Gasteiger partial charge >= 0.3 is 0 Å². The van der Waals surface area contributed by atoms with Gasteiger partial charge in [-0.2, -0.15) is 0 Å². The molecule has 0 radical (unpaired) electrons. The minimum atomic E-state index is -1.46. The molecule has 166 valence electrons. The number of imide groups is 1. The van der Waals surface area contributed by atoms with Crippen LogP contribution in [-0.4, -0.2) is 99.3 Å². The summed E-state index contributed by atoms with van der Waals surface area (Å²) in [6, 6.07) is -0.888. The Balaban J connectivity index is 2.05. The predicted octanol–water partition coefficient (Wildman–Crippen LogP) is -1.54. The fourth-order valence-corrected chi connectivity index (χ4v) is 4.69. The molecular formula is C18H30N2O8S. The molecule has 2 aliphatic rings. The normalized spacial score (nSPS) is 34.0. The summed E-state index contributed by atoms with van der Waals surface area (Å²) < 4.78 is 10.8. The minimum Gasteiger partial charge on any atom is -0.388 e. The summed E-state index contributed by atoms with van der Waals surface area (Å²) in [5.74, 6) is -1.45. The van der Waals surface area contributed by atoms with Gasteiger partial charge in [-0.1, -0.05) is 13.8 Å². The van der Waals surface area contributed by atoms with Crippen LogP contribution in [0, 0.1) is 5.92 Å². The van der Waals surface area contributed by atoms with E-state index < -0.39 is 59.7 Å². The molecule has 11 heteroatoms. The molecule has 6 unspecified atom stereocenters. The Morgan fingerprint density at radius 3 is 2.48 bits per heavy atom. The number of rotatable bonds is 8. The Bertz CT molecular complexity index is 619. The summed E-state index contributed by atoms with van der Waals surface area (Å²) in [7, 11) is 1.45. The number of amides is 3. The van der Waals surface area contributed by atoms with Crippen molar-refractivity contribution in [3.63, 3.8) is 0 Å². The molecule has 0 aromatic carbocycles. The Morgan fingerprint density at radius 2 is 1.93 bits per heavy atom. The van der Waals surface area contributed by atoms with Gasteiger partial charge in [-0.25, -0.2) is 0 Å². The third-order valence-electron chi connectivity index (χ3n) is 5.03. The highest BCUT2D eigenvalue weighted by atomic mass is 32.2. The molecule has 3 amide bonds. The van der Waals surface area contributed by atoms with E-state index in [4.69, 9.17) is 9.47 Å². The van der Waals surface area contributed by atoms with E-state index in [0.717, 1.165) is 16.7 Å². The Morgan fingerprint density at radius 1 is 1.28 bits per heavy atom. The SMILES string of the molecule is CCOC1OC(CSC2CC(=O)N([C@H](C(=O)NC)C(C)C)C2=O)C(O)C(O)C1O. The van der Waals surface area contributed by atoms with Crippen LogP contribution in [0.4, 0.5) is 0 Å². The van der Waals surface area contributed by atoms with Gasteiger partial charge in [0.2, 0.25) is 17.7 Å². The second kappa shape index (κ2) is 10.2. The molecule has 10 nitrogen and oxygen atoms in total. The standard InChI is InChI=1S/C18H30N2O8S/c1-5-27-18-15(24)14(23)13(22)9(28-18)7-29-10-6-11(21)20(17(10)26)12(8(2)3)16(25)19-4/h8-10,12-15,18,22-24H,5-7H2,1-4H3,(H,19,25)/t9?,10?,12-,13?,14?,15?,18?/m0/s1. The zero-order chi connectivity index (χ0) is 21.9. The molecule has 2 heterocycles. The van der Waals surface area contributed by atoms with E-state index in [9.17, 15) is 29.7 Å². The number of hydrogen-bond donors (Lipinski definition) is 4. The maximum atomic E-state index is 12.8. The largest absolute Gasteiger partial charge is 0.388 e. The van der Waals surface area contributed by atoms with Crippen molar-refractivity contribution in [2.24, 2.45) is 5.92 Å². The van der Waals surface area contributed by atoms with Crippen LogP contribution in [0.25, 0.3) is 0 Å². The zero-order valence-electron chi connectivity index (χ0n) is 17.0. The maximum absolute atomic E-state index is 12.8. The van der Waals surface area contributed by atoms with Gasteiger partial charge in [0.25, 0.3) is 0 Å². The summed E-state index contributed by atoms with van der Waals surface area (Å²) in [4.78, 5) is 38.4. The average Bonchev–Trinajstić information content (AvgIpc) is 2.95. The number of carbonyl (C=O) groups excluding carboxylic acids is 3. The number of likely N-dealkylation sites (N-methyl/N-ethyl adjacent to an activating group) is 1. The smallest absolute Gasteiger partial charge is 0.243 e. The van der Waals surface area contributed by atoms with Gasteiger partial charge in [-0.3, -0.25) is 19.3 Å². The predicted molar refractivity (Wildman–Crippen MR) is 104 cm³/mol. The Kier molecular flexibility index (Phi) is 8.44. The molecule has 0 aromatic rings. The monoisotopic (exact) mass is 434 g/mol. The first-order valence-corrected chi connectivity index (χ1v) is 10.7. The van der Waals surface area contributed by atoms with Crippen molar-refractivity contribution in [1.82, 2.24) is 10.2 Å². The molecule has 2 aliphatic heterocycles. The lowest BCUT2D eigenvalue weighted by molar-refractivity contribution is -0.290. The number of thioether (sulfide) groups is 1. The van der Waals surface area contributed by atoms with Crippen LogP contribution < -0.4 is 5.32 Å². The minimum absolute atomic E-state index is 0.0629. The zero-order valence-corrected chi connectivity index (χ0v) is 17.8. The number of aliphatic hydroxyl groups excluding tert-OH is 3. The van der Waals surface area contributed by atoms with Crippen molar-refractivity contribution in [1.29, 1.82) is 0 Å². The van der Waals surface area contributed by atoms with E-state index in [1.807, 2.05) is 0 Å². The van der Waals surface area contributed by atoms with Gasteiger partial charge < -0.3 is 30.1 Å². The van der Waals surface area contributed by atoms with Crippen LogP contribution in [0.3, 0.4) is 0 Å². The summed E-state index contributed by atoms with van der Waals surface area (Å²) in [5, 5.41) is 31.9. The van der Waals surface area contributed by atoms with E-state index in [1.54, 1.807) is 20.8 Å². The lowest BCUT2D eigenvalue weighted by Crippen LogP contribution is -2.59. The lowest BCUT2D eigenvalue weighted by Gasteiger charge is -2.40. The van der Waals surface area contributed by atoms with Crippen LogP contribution >= 0.6 is 11.8 Å². The highest BCUT2D eigenvalue weighted by Gasteiger charge is 2.48. The number of aliphatic hydroxyl groups is 3. The van der Waals surface area contributed by atoms with Gasteiger partial charge in [0, 0.05) is 25.8 Å². The number of nitrogens with zero attached hydrogens (tertiary/aromatic N) is 1. The molecule has 2 fully saturated rings. The summed E-state index contributed by atoms with van der Waals surface area (Å²) in [6.45, 7) is 5.46. The topological polar surface area (TPSA) is 146 Å². The van der Waals surface area contributed by atoms with Gasteiger partial charge in [0.05, 0.1) is 11.4 Å². The van der Waals surface area contributed by atoms with Gasteiger partial charge in [0.15, 0.2) is 6.29 Å². The fourth-order valence-electron chi connectivity index (χ4n) is 3.48. The molecule has 2 rings (SSSR count). The lowest BCUT2D eigenvalue weighted by atomic mass is 10.00. The highest BCUT2D eigenvalue weighted by molar-refractivity contribution is 8.00. The van der Waals surface area contributed by atoms with Crippen molar-refractivity contribution >= 4 is 29.5 Å². The average molecular weight is 435 g/mol. The van der Waals surface area contributed by atoms with E-state index in [2.05, 4.69) is 5.32 Å². The molecule has 2 saturated heterocycles. The number of hydrogen-bond acceptors (Lipinski definition) is 9. The van der Waals surface area contributed by atoms with Crippen LogP contribution in [0.15, 0.2) is 0 Å². The van der Waals surface area contributed by atoms with E-state index >= 15 is 0 Å². The molecule has 7 atom stereocenters. The number of nitrogens with one attached hydrogen (secondary N) is 1. The molecule has 29 heavy (non-hydrogen) atoms. The second-order valence-electron chi connectivity index (χ2n) is 7.40. The maximum Gasteiger partial charge on any atom is 0.243 e. The Hall–Kier alpha value is -1.24. The molecular weight excluding hydrogens is 404 g/mol. The third kappa shape index (κ3) is 5.09. The van der Waals surface area contributed by atoms with Crippen molar-refractivity contribution in [2.75, 3.05) is 19.4 Å². The first kappa shape index (κ1) is 24.0. The quantitative estimate of drug-likeness (QED) is 0.334. The second-order valence-corrected chi connectivity index (χ2v) is 8.64. The van der Waals surface area contributed by atoms with Gasteiger partial charge in [-0.15, -0.1) is 11.8 Å². The first-order valence-electron chi connectivity index (χ1n) is 9.64. The molecule has 0 saturated carbocycles.